The Kier molecular flexibility index (Phi) is 5.42. The van der Waals surface area contributed by atoms with E-state index in [0.29, 0.717) is 17.8 Å². The molecule has 1 heterocycles. The molecule has 0 fully saturated rings. The van der Waals surface area contributed by atoms with Crippen molar-refractivity contribution in [2.75, 3.05) is 0 Å². The van der Waals surface area contributed by atoms with Crippen LogP contribution in [-0.2, 0) is 0 Å². The first-order valence-corrected chi connectivity index (χ1v) is 9.43. The second-order valence-electron chi connectivity index (χ2n) is 8.36. The third kappa shape index (κ3) is 3.10. The Morgan fingerprint density at radius 2 is 1.42 bits per heavy atom. The van der Waals surface area contributed by atoms with Crippen LogP contribution in [-0.4, -0.2) is 4.98 Å². The highest BCUT2D eigenvalue weighted by molar-refractivity contribution is 5.77. The van der Waals surface area contributed by atoms with Gasteiger partial charge in [-0.3, -0.25) is 4.98 Å². The molecular weight excluding hydrogens is 290 g/mol. The standard InChI is InChI=1S/C23H35N/c1-12(2)20-11-14(5)15(6)16(7)17(8)21-18(9)19(10)24-23(13(3)4)22(20)21/h12-13,20H,11H2,1-10H3/b15-14-,17-16-. The van der Waals surface area contributed by atoms with Crippen molar-refractivity contribution in [3.05, 3.63) is 44.8 Å². The summed E-state index contributed by atoms with van der Waals surface area (Å²) in [7, 11) is 0. The lowest BCUT2D eigenvalue weighted by molar-refractivity contribution is 0.482. The molecule has 1 aromatic rings. The molecule has 1 aliphatic rings. The first kappa shape index (κ1) is 19.0. The minimum atomic E-state index is 0.456. The molecular formula is C23H35N. The zero-order valence-corrected chi connectivity index (χ0v) is 17.4. The highest BCUT2D eigenvalue weighted by Gasteiger charge is 2.29. The van der Waals surface area contributed by atoms with Gasteiger partial charge in [-0.05, 0) is 99.1 Å². The Morgan fingerprint density at radius 3 is 1.92 bits per heavy atom. The van der Waals surface area contributed by atoms with Crippen molar-refractivity contribution < 1.29 is 0 Å². The number of pyridine rings is 1. The fraction of sp³-hybridized carbons (Fsp3) is 0.609. The highest BCUT2D eigenvalue weighted by atomic mass is 14.7. The van der Waals surface area contributed by atoms with E-state index in [2.05, 4.69) is 69.2 Å². The second-order valence-corrected chi connectivity index (χ2v) is 8.36. The molecule has 2 rings (SSSR count). The fourth-order valence-electron chi connectivity index (χ4n) is 4.08. The third-order valence-electron chi connectivity index (χ3n) is 6.14. The van der Waals surface area contributed by atoms with Crippen LogP contribution in [0.1, 0.15) is 102 Å². The van der Waals surface area contributed by atoms with Crippen molar-refractivity contribution in [2.24, 2.45) is 5.92 Å². The number of aromatic nitrogens is 1. The van der Waals surface area contributed by atoms with E-state index < -0.39 is 0 Å². The quantitative estimate of drug-likeness (QED) is 0.565. The Hall–Kier alpha value is -1.37. The van der Waals surface area contributed by atoms with Crippen molar-refractivity contribution >= 4 is 5.57 Å². The van der Waals surface area contributed by atoms with E-state index in [0.717, 1.165) is 6.42 Å². The molecule has 0 spiro atoms. The molecule has 1 nitrogen and oxygen atoms in total. The molecule has 0 amide bonds. The van der Waals surface area contributed by atoms with Gasteiger partial charge in [-0.25, -0.2) is 0 Å². The molecule has 0 saturated carbocycles. The van der Waals surface area contributed by atoms with E-state index in [-0.39, 0.29) is 0 Å². The van der Waals surface area contributed by atoms with Crippen LogP contribution in [0.15, 0.2) is 16.7 Å². The van der Waals surface area contributed by atoms with E-state index in [9.17, 15) is 0 Å². The first-order valence-electron chi connectivity index (χ1n) is 9.43. The smallest absolute Gasteiger partial charge is 0.0473 e. The van der Waals surface area contributed by atoms with Crippen LogP contribution in [0.5, 0.6) is 0 Å². The van der Waals surface area contributed by atoms with Gasteiger partial charge >= 0.3 is 0 Å². The number of nitrogens with zero attached hydrogens (tertiary/aromatic N) is 1. The van der Waals surface area contributed by atoms with Crippen LogP contribution in [0.25, 0.3) is 5.57 Å². The summed E-state index contributed by atoms with van der Waals surface area (Å²) in [4.78, 5) is 5.06. The summed E-state index contributed by atoms with van der Waals surface area (Å²) in [5.41, 5.74) is 12.8. The minimum Gasteiger partial charge on any atom is -0.257 e. The van der Waals surface area contributed by atoms with E-state index in [1.807, 2.05) is 0 Å². The van der Waals surface area contributed by atoms with Crippen molar-refractivity contribution in [1.82, 2.24) is 4.98 Å². The van der Waals surface area contributed by atoms with E-state index in [4.69, 9.17) is 4.98 Å². The Labute approximate surface area is 149 Å². The second kappa shape index (κ2) is 6.86. The molecule has 0 aromatic carbocycles. The highest BCUT2D eigenvalue weighted by Crippen LogP contribution is 2.44. The van der Waals surface area contributed by atoms with Gasteiger partial charge in [0.05, 0.1) is 0 Å². The van der Waals surface area contributed by atoms with Gasteiger partial charge in [-0.15, -0.1) is 0 Å². The molecule has 24 heavy (non-hydrogen) atoms. The zero-order chi connectivity index (χ0) is 18.3. The maximum atomic E-state index is 5.06. The Bertz CT molecular complexity index is 714. The number of hydrogen-bond donors (Lipinski definition) is 0. The van der Waals surface area contributed by atoms with Crippen molar-refractivity contribution in [2.45, 2.75) is 87.5 Å². The zero-order valence-electron chi connectivity index (χ0n) is 17.4. The van der Waals surface area contributed by atoms with Crippen molar-refractivity contribution in [1.29, 1.82) is 0 Å². The molecule has 1 unspecified atom stereocenters. The van der Waals surface area contributed by atoms with Crippen molar-refractivity contribution in [3.63, 3.8) is 0 Å². The topological polar surface area (TPSA) is 12.9 Å². The van der Waals surface area contributed by atoms with Gasteiger partial charge in [0.25, 0.3) is 0 Å². The normalized spacial score (nSPS) is 25.1. The lowest BCUT2D eigenvalue weighted by Gasteiger charge is -2.33. The van der Waals surface area contributed by atoms with Crippen LogP contribution in [0.4, 0.5) is 0 Å². The summed E-state index contributed by atoms with van der Waals surface area (Å²) < 4.78 is 0. The maximum Gasteiger partial charge on any atom is 0.0473 e. The van der Waals surface area contributed by atoms with Gasteiger partial charge in [0.2, 0.25) is 0 Å². The molecule has 0 saturated heterocycles. The molecule has 0 aliphatic heterocycles. The number of hydrogen-bond acceptors (Lipinski definition) is 1. The van der Waals surface area contributed by atoms with Gasteiger partial charge in [-0.1, -0.05) is 33.3 Å². The molecule has 1 atom stereocenters. The summed E-state index contributed by atoms with van der Waals surface area (Å²) in [6.45, 7) is 22.9. The van der Waals surface area contributed by atoms with Crippen LogP contribution in [0.3, 0.4) is 0 Å². The molecule has 1 heteroatoms. The number of allylic oxidation sites excluding steroid dienone is 4. The molecule has 0 N–H and O–H groups in total. The SMILES string of the molecule is C/C1=C(C)/C(C)=C(/C)c2c(C)c(C)nc(C(C)C)c2C(C(C)C)C1. The largest absolute Gasteiger partial charge is 0.257 e. The predicted molar refractivity (Wildman–Crippen MR) is 107 cm³/mol. The van der Waals surface area contributed by atoms with E-state index in [1.54, 1.807) is 0 Å². The summed E-state index contributed by atoms with van der Waals surface area (Å²) in [5, 5.41) is 0. The van der Waals surface area contributed by atoms with E-state index >= 15 is 0 Å². The molecule has 132 valence electrons. The summed E-state index contributed by atoms with van der Waals surface area (Å²) in [6.07, 6.45) is 1.14. The van der Waals surface area contributed by atoms with Crippen LogP contribution in [0, 0.1) is 19.8 Å². The van der Waals surface area contributed by atoms with Gasteiger partial charge in [-0.2, -0.15) is 0 Å². The van der Waals surface area contributed by atoms with Crippen molar-refractivity contribution in [3.8, 4) is 0 Å². The average Bonchev–Trinajstić information content (AvgIpc) is 2.51. The van der Waals surface area contributed by atoms with Crippen LogP contribution < -0.4 is 0 Å². The van der Waals surface area contributed by atoms with Crippen LogP contribution >= 0.6 is 0 Å². The van der Waals surface area contributed by atoms with E-state index in [1.165, 1.54) is 50.4 Å². The van der Waals surface area contributed by atoms with Gasteiger partial charge in [0.15, 0.2) is 0 Å². The Morgan fingerprint density at radius 1 is 0.833 bits per heavy atom. The number of fused-ring (bicyclic) bond motifs is 1. The van der Waals surface area contributed by atoms with Gasteiger partial charge in [0, 0.05) is 11.4 Å². The molecule has 0 bridgehead atoms. The summed E-state index contributed by atoms with van der Waals surface area (Å²) in [5.74, 6) is 1.61. The maximum absolute atomic E-state index is 5.06. The summed E-state index contributed by atoms with van der Waals surface area (Å²) in [6, 6.07) is 0. The monoisotopic (exact) mass is 325 g/mol. The van der Waals surface area contributed by atoms with Gasteiger partial charge < -0.3 is 0 Å². The fourth-order valence-corrected chi connectivity index (χ4v) is 4.08. The lowest BCUT2D eigenvalue weighted by atomic mass is 9.73. The van der Waals surface area contributed by atoms with Crippen LogP contribution in [0.2, 0.25) is 0 Å². The molecule has 1 aliphatic carbocycles. The lowest BCUT2D eigenvalue weighted by Crippen LogP contribution is -2.19. The van der Waals surface area contributed by atoms with Gasteiger partial charge in [0.1, 0.15) is 0 Å². The molecule has 1 aromatic heterocycles. The predicted octanol–water partition coefficient (Wildman–Crippen LogP) is 7.09. The average molecular weight is 326 g/mol. The minimum absolute atomic E-state index is 0.456. The third-order valence-corrected chi connectivity index (χ3v) is 6.14. The summed E-state index contributed by atoms with van der Waals surface area (Å²) >= 11 is 0. The number of rotatable bonds is 2. The number of aryl methyl sites for hydroxylation is 1. The first-order chi connectivity index (χ1) is 11.1. The molecule has 0 radical (unpaired) electrons. The Balaban J connectivity index is 3.00.